The number of carboxylic acid groups (broad SMARTS) is 1. The molecule has 5 nitrogen and oxygen atoms in total. The molecule has 1 aromatic heterocycles. The second kappa shape index (κ2) is 3.66. The Hall–Kier alpha value is -1.36. The molecule has 15 heavy (non-hydrogen) atoms. The lowest BCUT2D eigenvalue weighted by Gasteiger charge is -2.21. The van der Waals surface area contributed by atoms with E-state index in [1.54, 1.807) is 0 Å². The highest BCUT2D eigenvalue weighted by Crippen LogP contribution is 2.24. The van der Waals surface area contributed by atoms with Gasteiger partial charge in [-0.05, 0) is 18.8 Å². The van der Waals surface area contributed by atoms with Crippen molar-refractivity contribution < 1.29 is 9.90 Å². The third-order valence-corrected chi connectivity index (χ3v) is 2.92. The third kappa shape index (κ3) is 1.63. The van der Waals surface area contributed by atoms with Gasteiger partial charge in [-0.15, -0.1) is 0 Å². The zero-order valence-corrected chi connectivity index (χ0v) is 8.73. The van der Waals surface area contributed by atoms with E-state index < -0.39 is 5.97 Å². The van der Waals surface area contributed by atoms with Crippen LogP contribution >= 0.6 is 0 Å². The smallest absolute Gasteiger partial charge is 0.356 e. The summed E-state index contributed by atoms with van der Waals surface area (Å²) in [5.74, 6) is 0.264. The molecule has 82 valence electrons. The van der Waals surface area contributed by atoms with Gasteiger partial charge in [0.15, 0.2) is 5.69 Å². The molecule has 1 unspecified atom stereocenters. The number of imidazole rings is 1. The molecule has 0 aromatic carbocycles. The van der Waals surface area contributed by atoms with Crippen molar-refractivity contribution in [3.63, 3.8) is 0 Å². The molecular weight excluding hydrogens is 194 g/mol. The molecule has 0 bridgehead atoms. The molecule has 0 aliphatic carbocycles. The molecule has 1 aromatic rings. The van der Waals surface area contributed by atoms with E-state index in [1.165, 1.54) is 0 Å². The number of carbonyl (C=O) groups is 1. The molecule has 1 aliphatic rings. The van der Waals surface area contributed by atoms with Crippen molar-refractivity contribution in [1.29, 1.82) is 0 Å². The molecule has 0 saturated carbocycles. The fourth-order valence-corrected chi connectivity index (χ4v) is 2.12. The highest BCUT2D eigenvalue weighted by molar-refractivity contribution is 5.87. The Morgan fingerprint density at radius 3 is 3.07 bits per heavy atom. The maximum Gasteiger partial charge on any atom is 0.356 e. The normalized spacial score (nSPS) is 20.0. The molecular formula is C10H15N3O2. The van der Waals surface area contributed by atoms with Crippen molar-refractivity contribution in [2.75, 3.05) is 0 Å². The number of aromatic carboxylic acids is 1. The maximum atomic E-state index is 11.0. The first kappa shape index (κ1) is 10.2. The highest BCUT2D eigenvalue weighted by Gasteiger charge is 2.25. The predicted molar refractivity (Wildman–Crippen MR) is 54.6 cm³/mol. The summed E-state index contributed by atoms with van der Waals surface area (Å²) in [5, 5.41) is 9.02. The van der Waals surface area contributed by atoms with E-state index in [2.05, 4.69) is 11.9 Å². The fraction of sp³-hybridized carbons (Fsp3) is 0.600. The lowest BCUT2D eigenvalue weighted by molar-refractivity contribution is 0.0689. The van der Waals surface area contributed by atoms with Crippen molar-refractivity contribution >= 4 is 5.97 Å². The molecule has 0 fully saturated rings. The first-order chi connectivity index (χ1) is 7.13. The van der Waals surface area contributed by atoms with Gasteiger partial charge in [0.1, 0.15) is 5.82 Å². The number of hydrogen-bond donors (Lipinski definition) is 2. The van der Waals surface area contributed by atoms with Crippen molar-refractivity contribution in [2.24, 2.45) is 11.7 Å². The van der Waals surface area contributed by atoms with Gasteiger partial charge in [-0.25, -0.2) is 9.78 Å². The summed E-state index contributed by atoms with van der Waals surface area (Å²) < 4.78 is 1.96. The summed E-state index contributed by atoms with van der Waals surface area (Å²) in [6.45, 7) is 3.27. The van der Waals surface area contributed by atoms with Gasteiger partial charge < -0.3 is 15.4 Å². The van der Waals surface area contributed by atoms with Crippen LogP contribution in [0.15, 0.2) is 0 Å². The molecule has 0 amide bonds. The summed E-state index contributed by atoms with van der Waals surface area (Å²) >= 11 is 0. The van der Waals surface area contributed by atoms with E-state index in [0.29, 0.717) is 18.3 Å². The zero-order valence-electron chi connectivity index (χ0n) is 8.73. The van der Waals surface area contributed by atoms with E-state index in [9.17, 15) is 4.79 Å². The van der Waals surface area contributed by atoms with Crippen LogP contribution in [-0.4, -0.2) is 20.6 Å². The Balaban J connectivity index is 2.50. The Labute approximate surface area is 87.9 Å². The summed E-state index contributed by atoms with van der Waals surface area (Å²) in [5.41, 5.74) is 6.56. The SMILES string of the molecule is CC1CCn2c(CN)nc(C(=O)O)c2C1. The van der Waals surface area contributed by atoms with Crippen molar-refractivity contribution in [2.45, 2.75) is 32.9 Å². The molecule has 1 atom stereocenters. The topological polar surface area (TPSA) is 81.1 Å². The average molecular weight is 209 g/mol. The van der Waals surface area contributed by atoms with Crippen LogP contribution in [-0.2, 0) is 19.5 Å². The summed E-state index contributed by atoms with van der Waals surface area (Å²) in [6.07, 6.45) is 1.85. The number of fused-ring (bicyclic) bond motifs is 1. The first-order valence-corrected chi connectivity index (χ1v) is 5.15. The van der Waals surface area contributed by atoms with Crippen molar-refractivity contribution in [3.05, 3.63) is 17.2 Å². The van der Waals surface area contributed by atoms with Gasteiger partial charge in [0.25, 0.3) is 0 Å². The summed E-state index contributed by atoms with van der Waals surface area (Å²) in [6, 6.07) is 0. The van der Waals surface area contributed by atoms with Gasteiger partial charge >= 0.3 is 5.97 Å². The largest absolute Gasteiger partial charge is 0.476 e. The lowest BCUT2D eigenvalue weighted by Crippen LogP contribution is -2.20. The lowest BCUT2D eigenvalue weighted by atomic mass is 9.97. The second-order valence-corrected chi connectivity index (χ2v) is 4.08. The average Bonchev–Trinajstić information content (AvgIpc) is 2.55. The number of aromatic nitrogens is 2. The monoisotopic (exact) mass is 209 g/mol. The number of rotatable bonds is 2. The quantitative estimate of drug-likeness (QED) is 0.748. The third-order valence-electron chi connectivity index (χ3n) is 2.92. The van der Waals surface area contributed by atoms with Gasteiger partial charge in [-0.3, -0.25) is 0 Å². The molecule has 1 aliphatic heterocycles. The Kier molecular flexibility index (Phi) is 2.48. The van der Waals surface area contributed by atoms with Gasteiger partial charge in [-0.1, -0.05) is 6.92 Å². The number of nitrogens with two attached hydrogens (primary N) is 1. The van der Waals surface area contributed by atoms with Crippen LogP contribution in [0.5, 0.6) is 0 Å². The maximum absolute atomic E-state index is 11.0. The van der Waals surface area contributed by atoms with Gasteiger partial charge in [-0.2, -0.15) is 0 Å². The number of nitrogens with zero attached hydrogens (tertiary/aromatic N) is 2. The van der Waals surface area contributed by atoms with Crippen LogP contribution < -0.4 is 5.73 Å². The minimum absolute atomic E-state index is 0.182. The van der Waals surface area contributed by atoms with Crippen molar-refractivity contribution in [3.8, 4) is 0 Å². The highest BCUT2D eigenvalue weighted by atomic mass is 16.4. The molecule has 0 radical (unpaired) electrons. The van der Waals surface area contributed by atoms with Crippen LogP contribution in [0.1, 0.15) is 35.4 Å². The Morgan fingerprint density at radius 2 is 2.47 bits per heavy atom. The molecule has 3 N–H and O–H groups in total. The standard InChI is InChI=1S/C10H15N3O2/c1-6-2-3-13-7(4-6)9(10(14)15)12-8(13)5-11/h6H,2-5,11H2,1H3,(H,14,15). The van der Waals surface area contributed by atoms with Crippen molar-refractivity contribution in [1.82, 2.24) is 9.55 Å². The minimum Gasteiger partial charge on any atom is -0.476 e. The van der Waals surface area contributed by atoms with Crippen LogP contribution in [0, 0.1) is 5.92 Å². The summed E-state index contributed by atoms with van der Waals surface area (Å²) in [7, 11) is 0. The molecule has 2 heterocycles. The van der Waals surface area contributed by atoms with E-state index in [-0.39, 0.29) is 5.69 Å². The van der Waals surface area contributed by atoms with Gasteiger partial charge in [0.05, 0.1) is 12.2 Å². The minimum atomic E-state index is -0.951. The predicted octanol–water partition coefficient (Wildman–Crippen LogP) is 0.622. The molecule has 0 spiro atoms. The van der Waals surface area contributed by atoms with Crippen LogP contribution in [0.2, 0.25) is 0 Å². The summed E-state index contributed by atoms with van der Waals surface area (Å²) in [4.78, 5) is 15.1. The number of carboxylic acids is 1. The van der Waals surface area contributed by atoms with E-state index in [0.717, 1.165) is 25.1 Å². The Morgan fingerprint density at radius 1 is 1.73 bits per heavy atom. The number of hydrogen-bond acceptors (Lipinski definition) is 3. The van der Waals surface area contributed by atoms with Gasteiger partial charge in [0, 0.05) is 6.54 Å². The van der Waals surface area contributed by atoms with E-state index in [4.69, 9.17) is 10.8 Å². The van der Waals surface area contributed by atoms with Gasteiger partial charge in [0.2, 0.25) is 0 Å². The fourth-order valence-electron chi connectivity index (χ4n) is 2.12. The van der Waals surface area contributed by atoms with Crippen LogP contribution in [0.3, 0.4) is 0 Å². The second-order valence-electron chi connectivity index (χ2n) is 4.08. The zero-order chi connectivity index (χ0) is 11.0. The molecule has 5 heteroatoms. The first-order valence-electron chi connectivity index (χ1n) is 5.15. The van der Waals surface area contributed by atoms with E-state index in [1.807, 2.05) is 4.57 Å². The van der Waals surface area contributed by atoms with Crippen LogP contribution in [0.25, 0.3) is 0 Å². The molecule has 2 rings (SSSR count). The Bertz CT molecular complexity index is 398. The van der Waals surface area contributed by atoms with Crippen LogP contribution in [0.4, 0.5) is 0 Å². The molecule has 0 saturated heterocycles. The van der Waals surface area contributed by atoms with E-state index >= 15 is 0 Å².